The van der Waals surface area contributed by atoms with E-state index in [0.717, 1.165) is 0 Å². The Bertz CT molecular complexity index is 216. The molecule has 0 aromatic rings. The molecular formula is C4Br2F6O. The van der Waals surface area contributed by atoms with Crippen LogP contribution >= 0.6 is 31.9 Å². The van der Waals surface area contributed by atoms with Crippen LogP contribution in [0.1, 0.15) is 0 Å². The Morgan fingerprint density at radius 2 is 1.23 bits per heavy atom. The molecule has 0 heterocycles. The molecule has 0 rings (SSSR count). The maximum atomic E-state index is 11.8. The molecular weight excluding hydrogens is 338 g/mol. The normalized spacial score (nSPS) is 14.5. The molecule has 0 fully saturated rings. The average molecular weight is 338 g/mol. The fraction of sp³-hybridized carbons (Fsp3) is 0.750. The maximum absolute atomic E-state index is 11.8. The van der Waals surface area contributed by atoms with E-state index in [4.69, 9.17) is 0 Å². The minimum atomic E-state index is -5.55. The Labute approximate surface area is 84.7 Å². The summed E-state index contributed by atoms with van der Waals surface area (Å²) in [6, 6.07) is 0. The van der Waals surface area contributed by atoms with Crippen LogP contribution in [0.5, 0.6) is 0 Å². The number of Topliss-reactive ketones (excluding diaryl/α,β-unsaturated/α-hetero) is 1. The van der Waals surface area contributed by atoms with Crippen LogP contribution in [0.15, 0.2) is 0 Å². The van der Waals surface area contributed by atoms with Crippen molar-refractivity contribution in [1.29, 1.82) is 0 Å². The lowest BCUT2D eigenvalue weighted by molar-refractivity contribution is -0.190. The zero-order valence-corrected chi connectivity index (χ0v) is 8.60. The Hall–Kier alpha value is 0.210. The molecule has 0 bridgehead atoms. The SMILES string of the molecule is O=C(C(F)(F)F)C(Br)(Br)C(F)(F)F. The fourth-order valence-electron chi connectivity index (χ4n) is 0.307. The predicted octanol–water partition coefficient (Wildman–Crippen LogP) is 3.17. The van der Waals surface area contributed by atoms with Crippen molar-refractivity contribution >= 4 is 37.6 Å². The van der Waals surface area contributed by atoms with E-state index in [9.17, 15) is 31.1 Å². The van der Waals surface area contributed by atoms with Gasteiger partial charge in [0.25, 0.3) is 5.78 Å². The molecule has 13 heavy (non-hydrogen) atoms. The first-order chi connectivity index (χ1) is 5.40. The van der Waals surface area contributed by atoms with Gasteiger partial charge in [-0.1, -0.05) is 31.9 Å². The molecule has 0 N–H and O–H groups in total. The van der Waals surface area contributed by atoms with Gasteiger partial charge in [0.05, 0.1) is 0 Å². The predicted molar refractivity (Wildman–Crippen MR) is 37.7 cm³/mol. The van der Waals surface area contributed by atoms with Gasteiger partial charge in [-0.05, 0) is 0 Å². The van der Waals surface area contributed by atoms with Gasteiger partial charge in [0.2, 0.25) is 3.23 Å². The van der Waals surface area contributed by atoms with E-state index in [-0.39, 0.29) is 0 Å². The quantitative estimate of drug-likeness (QED) is 0.530. The van der Waals surface area contributed by atoms with E-state index < -0.39 is 21.4 Å². The molecule has 0 spiro atoms. The molecule has 0 saturated heterocycles. The number of hydrogen-bond acceptors (Lipinski definition) is 1. The molecule has 0 aromatic heterocycles. The van der Waals surface area contributed by atoms with Gasteiger partial charge >= 0.3 is 12.4 Å². The highest BCUT2D eigenvalue weighted by Gasteiger charge is 2.64. The molecule has 0 aliphatic rings. The van der Waals surface area contributed by atoms with E-state index in [1.165, 1.54) is 0 Å². The van der Waals surface area contributed by atoms with Crippen LogP contribution in [0.4, 0.5) is 26.3 Å². The number of halogens is 8. The number of alkyl halides is 8. The summed E-state index contributed by atoms with van der Waals surface area (Å²) in [5, 5.41) is 0. The van der Waals surface area contributed by atoms with Crippen LogP contribution in [-0.2, 0) is 4.79 Å². The minimum Gasteiger partial charge on any atom is -0.287 e. The Balaban J connectivity index is 4.98. The summed E-state index contributed by atoms with van der Waals surface area (Å²) < 4.78 is 66.3. The fourth-order valence-corrected chi connectivity index (χ4v) is 0.756. The van der Waals surface area contributed by atoms with Gasteiger partial charge in [-0.25, -0.2) is 0 Å². The number of carbonyl (C=O) groups is 1. The number of rotatable bonds is 1. The van der Waals surface area contributed by atoms with Crippen molar-refractivity contribution in [1.82, 2.24) is 0 Å². The number of hydrogen-bond donors (Lipinski definition) is 0. The van der Waals surface area contributed by atoms with Gasteiger partial charge < -0.3 is 0 Å². The summed E-state index contributed by atoms with van der Waals surface area (Å²) in [6.45, 7) is 0. The molecule has 0 radical (unpaired) electrons. The van der Waals surface area contributed by atoms with Crippen molar-refractivity contribution < 1.29 is 31.1 Å². The van der Waals surface area contributed by atoms with E-state index in [0.29, 0.717) is 0 Å². The summed E-state index contributed by atoms with van der Waals surface area (Å²) in [7, 11) is 0. The van der Waals surface area contributed by atoms with Crippen molar-refractivity contribution in [2.24, 2.45) is 0 Å². The molecule has 0 saturated carbocycles. The van der Waals surface area contributed by atoms with E-state index in [1.807, 2.05) is 0 Å². The third-order valence-corrected chi connectivity index (χ3v) is 2.52. The van der Waals surface area contributed by atoms with E-state index in [1.54, 1.807) is 31.9 Å². The molecule has 9 heteroatoms. The Morgan fingerprint density at radius 1 is 0.923 bits per heavy atom. The monoisotopic (exact) mass is 336 g/mol. The minimum absolute atomic E-state index is 1.63. The second-order valence-corrected chi connectivity index (χ2v) is 5.34. The first-order valence-electron chi connectivity index (χ1n) is 2.47. The summed E-state index contributed by atoms with van der Waals surface area (Å²) in [5.74, 6) is -2.95. The summed E-state index contributed by atoms with van der Waals surface area (Å²) in [6.07, 6.45) is -10.9. The zero-order valence-electron chi connectivity index (χ0n) is 5.43. The van der Waals surface area contributed by atoms with Crippen LogP contribution in [0.2, 0.25) is 0 Å². The highest BCUT2D eigenvalue weighted by molar-refractivity contribution is 9.26. The molecule has 0 amide bonds. The van der Waals surface area contributed by atoms with E-state index in [2.05, 4.69) is 0 Å². The van der Waals surface area contributed by atoms with Gasteiger partial charge in [0.1, 0.15) is 0 Å². The maximum Gasteiger partial charge on any atom is 0.452 e. The largest absolute Gasteiger partial charge is 0.452 e. The van der Waals surface area contributed by atoms with Crippen LogP contribution in [0.3, 0.4) is 0 Å². The van der Waals surface area contributed by atoms with Crippen LogP contribution in [0.25, 0.3) is 0 Å². The van der Waals surface area contributed by atoms with Gasteiger partial charge in [-0.15, -0.1) is 0 Å². The van der Waals surface area contributed by atoms with Crippen LogP contribution in [-0.4, -0.2) is 21.4 Å². The number of ketones is 1. The standard InChI is InChI=1S/C4Br2F6O/c5-2(6,4(10,11)12)1(13)3(7,8)9. The van der Waals surface area contributed by atoms with Gasteiger partial charge in [-0.3, -0.25) is 4.79 Å². The van der Waals surface area contributed by atoms with Crippen molar-refractivity contribution in [3.05, 3.63) is 0 Å². The summed E-state index contributed by atoms with van der Waals surface area (Å²) >= 11 is 3.25. The van der Waals surface area contributed by atoms with Crippen molar-refractivity contribution in [2.75, 3.05) is 0 Å². The van der Waals surface area contributed by atoms with Crippen LogP contribution < -0.4 is 0 Å². The number of carbonyl (C=O) groups excluding carboxylic acids is 1. The summed E-state index contributed by atoms with van der Waals surface area (Å²) in [5.41, 5.74) is 0. The Morgan fingerprint density at radius 3 is 1.31 bits per heavy atom. The first-order valence-corrected chi connectivity index (χ1v) is 4.05. The lowest BCUT2D eigenvalue weighted by atomic mass is 10.2. The second-order valence-electron chi connectivity index (χ2n) is 1.90. The van der Waals surface area contributed by atoms with Gasteiger partial charge in [-0.2, -0.15) is 26.3 Å². The first kappa shape index (κ1) is 13.2. The van der Waals surface area contributed by atoms with Crippen molar-refractivity contribution in [3.63, 3.8) is 0 Å². The van der Waals surface area contributed by atoms with Gasteiger partial charge in [0, 0.05) is 0 Å². The lowest BCUT2D eigenvalue weighted by Crippen LogP contribution is -2.47. The van der Waals surface area contributed by atoms with Crippen molar-refractivity contribution in [3.8, 4) is 0 Å². The third kappa shape index (κ3) is 2.83. The molecule has 0 aliphatic heterocycles. The third-order valence-electron chi connectivity index (χ3n) is 0.899. The Kier molecular flexibility index (Phi) is 3.47. The molecule has 78 valence electrons. The smallest absolute Gasteiger partial charge is 0.287 e. The van der Waals surface area contributed by atoms with Gasteiger partial charge in [0.15, 0.2) is 0 Å². The van der Waals surface area contributed by atoms with Crippen LogP contribution in [0, 0.1) is 0 Å². The highest BCUT2D eigenvalue weighted by Crippen LogP contribution is 2.47. The topological polar surface area (TPSA) is 17.1 Å². The zero-order chi connectivity index (χ0) is 11.1. The average Bonchev–Trinajstić information content (AvgIpc) is 1.81. The molecule has 0 aliphatic carbocycles. The molecule has 0 aromatic carbocycles. The molecule has 1 nitrogen and oxygen atoms in total. The van der Waals surface area contributed by atoms with Crippen molar-refractivity contribution in [2.45, 2.75) is 15.6 Å². The highest BCUT2D eigenvalue weighted by atomic mass is 79.9. The molecule has 0 unspecified atom stereocenters. The molecule has 0 atom stereocenters. The second kappa shape index (κ2) is 3.41. The lowest BCUT2D eigenvalue weighted by Gasteiger charge is -2.22. The van der Waals surface area contributed by atoms with E-state index >= 15 is 0 Å². The summed E-state index contributed by atoms with van der Waals surface area (Å²) in [4.78, 5) is 10.2.